The van der Waals surface area contributed by atoms with Gasteiger partial charge in [0, 0.05) is 16.6 Å². The topological polar surface area (TPSA) is 24.9 Å². The van der Waals surface area contributed by atoms with E-state index < -0.39 is 0 Å². The number of aryl methyl sites for hydroxylation is 1. The van der Waals surface area contributed by atoms with E-state index in [0.717, 1.165) is 16.5 Å². The first-order valence-corrected chi connectivity index (χ1v) is 7.04. The molecule has 0 aliphatic carbocycles. The number of thiazole rings is 1. The highest BCUT2D eigenvalue weighted by Crippen LogP contribution is 2.28. The van der Waals surface area contributed by atoms with Crippen LogP contribution in [0.2, 0.25) is 0 Å². The molecule has 2 aromatic carbocycles. The second kappa shape index (κ2) is 6.68. The summed E-state index contributed by atoms with van der Waals surface area (Å²) >= 11 is 1.63. The van der Waals surface area contributed by atoms with Crippen LogP contribution in [0, 0.1) is 6.92 Å². The maximum Gasteiger partial charge on any atom is 0.187 e. The van der Waals surface area contributed by atoms with E-state index in [1.165, 1.54) is 11.1 Å². The Bertz CT molecular complexity index is 680. The highest BCUT2D eigenvalue weighted by atomic mass is 79.9. The molecule has 0 fully saturated rings. The van der Waals surface area contributed by atoms with Crippen molar-refractivity contribution in [2.45, 2.75) is 6.92 Å². The van der Waals surface area contributed by atoms with Crippen molar-refractivity contribution in [3.63, 3.8) is 0 Å². The zero-order valence-electron chi connectivity index (χ0n) is 11.0. The Labute approximate surface area is 133 Å². The van der Waals surface area contributed by atoms with Gasteiger partial charge in [-0.2, -0.15) is 0 Å². The molecular formula is C16H15BrN2S. The molecule has 3 aromatic rings. The molecule has 0 bridgehead atoms. The first-order chi connectivity index (χ1) is 9.33. The number of rotatable bonds is 3. The number of para-hydroxylation sites is 1. The third-order valence-corrected chi connectivity index (χ3v) is 3.71. The van der Waals surface area contributed by atoms with Gasteiger partial charge in [0.1, 0.15) is 0 Å². The number of hydrogen-bond acceptors (Lipinski definition) is 3. The normalized spacial score (nSPS) is 9.85. The SMILES string of the molecule is Br.Cc1ccccc1-c1csc(Nc2ccccc2)n1. The third kappa shape index (κ3) is 3.26. The van der Waals surface area contributed by atoms with Crippen LogP contribution < -0.4 is 5.32 Å². The molecule has 3 rings (SSSR count). The Balaban J connectivity index is 0.00000147. The third-order valence-electron chi connectivity index (χ3n) is 2.95. The van der Waals surface area contributed by atoms with E-state index in [4.69, 9.17) is 0 Å². The molecule has 0 saturated heterocycles. The van der Waals surface area contributed by atoms with E-state index in [2.05, 4.69) is 34.7 Å². The predicted molar refractivity (Wildman–Crippen MR) is 92.3 cm³/mol. The van der Waals surface area contributed by atoms with Gasteiger partial charge in [0.2, 0.25) is 0 Å². The number of anilines is 2. The first kappa shape index (κ1) is 14.8. The molecule has 0 spiro atoms. The minimum absolute atomic E-state index is 0. The summed E-state index contributed by atoms with van der Waals surface area (Å²) in [5, 5.41) is 6.33. The van der Waals surface area contributed by atoms with Gasteiger partial charge in [-0.25, -0.2) is 4.98 Å². The smallest absolute Gasteiger partial charge is 0.187 e. The van der Waals surface area contributed by atoms with Crippen LogP contribution in [-0.2, 0) is 0 Å². The highest BCUT2D eigenvalue weighted by molar-refractivity contribution is 8.93. The second-order valence-electron chi connectivity index (χ2n) is 4.34. The summed E-state index contributed by atoms with van der Waals surface area (Å²) in [5.74, 6) is 0. The van der Waals surface area contributed by atoms with Crippen molar-refractivity contribution in [3.8, 4) is 11.3 Å². The van der Waals surface area contributed by atoms with Gasteiger partial charge in [-0.3, -0.25) is 0 Å². The van der Waals surface area contributed by atoms with E-state index in [1.807, 2.05) is 42.5 Å². The Kier molecular flexibility index (Phi) is 4.93. The summed E-state index contributed by atoms with van der Waals surface area (Å²) in [7, 11) is 0. The predicted octanol–water partition coefficient (Wildman–Crippen LogP) is 5.44. The van der Waals surface area contributed by atoms with Gasteiger partial charge < -0.3 is 5.32 Å². The molecular weight excluding hydrogens is 332 g/mol. The van der Waals surface area contributed by atoms with Crippen molar-refractivity contribution >= 4 is 39.1 Å². The summed E-state index contributed by atoms with van der Waals surface area (Å²) in [5.41, 5.74) is 4.54. The molecule has 1 aromatic heterocycles. The molecule has 20 heavy (non-hydrogen) atoms. The minimum atomic E-state index is 0. The summed E-state index contributed by atoms with van der Waals surface area (Å²) in [6.45, 7) is 2.11. The minimum Gasteiger partial charge on any atom is -0.332 e. The Hall–Kier alpha value is -1.65. The fourth-order valence-electron chi connectivity index (χ4n) is 1.96. The van der Waals surface area contributed by atoms with Gasteiger partial charge in [-0.1, -0.05) is 42.5 Å². The Morgan fingerprint density at radius 3 is 2.40 bits per heavy atom. The van der Waals surface area contributed by atoms with Crippen molar-refractivity contribution in [2.24, 2.45) is 0 Å². The van der Waals surface area contributed by atoms with E-state index in [1.54, 1.807) is 11.3 Å². The number of halogens is 1. The van der Waals surface area contributed by atoms with Crippen LogP contribution in [0.1, 0.15) is 5.56 Å². The molecule has 102 valence electrons. The van der Waals surface area contributed by atoms with Crippen molar-refractivity contribution in [2.75, 3.05) is 5.32 Å². The molecule has 0 radical (unpaired) electrons. The number of nitrogens with one attached hydrogen (secondary N) is 1. The molecule has 0 unspecified atom stereocenters. The molecule has 4 heteroatoms. The largest absolute Gasteiger partial charge is 0.332 e. The molecule has 2 nitrogen and oxygen atoms in total. The summed E-state index contributed by atoms with van der Waals surface area (Å²) in [6, 6.07) is 18.4. The number of aromatic nitrogens is 1. The number of benzene rings is 2. The van der Waals surface area contributed by atoms with Gasteiger partial charge in [0.25, 0.3) is 0 Å². The van der Waals surface area contributed by atoms with E-state index in [0.29, 0.717) is 0 Å². The monoisotopic (exact) mass is 346 g/mol. The van der Waals surface area contributed by atoms with Crippen LogP contribution >= 0.6 is 28.3 Å². The van der Waals surface area contributed by atoms with E-state index >= 15 is 0 Å². The van der Waals surface area contributed by atoms with Crippen LogP contribution in [-0.4, -0.2) is 4.98 Å². The maximum atomic E-state index is 4.64. The van der Waals surface area contributed by atoms with Gasteiger partial charge in [-0.15, -0.1) is 28.3 Å². The molecule has 1 N–H and O–H groups in total. The van der Waals surface area contributed by atoms with Gasteiger partial charge in [-0.05, 0) is 24.6 Å². The van der Waals surface area contributed by atoms with Crippen LogP contribution in [0.25, 0.3) is 11.3 Å². The standard InChI is InChI=1S/C16H14N2S.BrH/c1-12-7-5-6-10-14(12)15-11-19-16(18-15)17-13-8-3-2-4-9-13;/h2-11H,1H3,(H,17,18);1H. The van der Waals surface area contributed by atoms with Crippen molar-refractivity contribution in [3.05, 3.63) is 65.5 Å². The Morgan fingerprint density at radius 1 is 0.950 bits per heavy atom. The second-order valence-corrected chi connectivity index (χ2v) is 5.20. The van der Waals surface area contributed by atoms with Crippen molar-refractivity contribution < 1.29 is 0 Å². The molecule has 0 amide bonds. The fraction of sp³-hybridized carbons (Fsp3) is 0.0625. The van der Waals surface area contributed by atoms with Crippen molar-refractivity contribution in [1.82, 2.24) is 4.98 Å². The van der Waals surface area contributed by atoms with Gasteiger partial charge >= 0.3 is 0 Å². The average Bonchev–Trinajstić information content (AvgIpc) is 2.89. The maximum absolute atomic E-state index is 4.64. The lowest BCUT2D eigenvalue weighted by Crippen LogP contribution is -1.89. The number of hydrogen-bond donors (Lipinski definition) is 1. The lowest BCUT2D eigenvalue weighted by molar-refractivity contribution is 1.35. The molecule has 1 heterocycles. The number of nitrogens with zero attached hydrogens (tertiary/aromatic N) is 1. The molecule has 0 saturated carbocycles. The Morgan fingerprint density at radius 2 is 1.65 bits per heavy atom. The molecule has 0 aliphatic rings. The van der Waals surface area contributed by atoms with Gasteiger partial charge in [0.15, 0.2) is 5.13 Å². The zero-order valence-corrected chi connectivity index (χ0v) is 13.6. The van der Waals surface area contributed by atoms with E-state index in [-0.39, 0.29) is 17.0 Å². The quantitative estimate of drug-likeness (QED) is 0.682. The van der Waals surface area contributed by atoms with Crippen LogP contribution in [0.5, 0.6) is 0 Å². The first-order valence-electron chi connectivity index (χ1n) is 6.16. The average molecular weight is 347 g/mol. The lowest BCUT2D eigenvalue weighted by atomic mass is 10.1. The lowest BCUT2D eigenvalue weighted by Gasteiger charge is -2.02. The van der Waals surface area contributed by atoms with Crippen molar-refractivity contribution in [1.29, 1.82) is 0 Å². The molecule has 0 atom stereocenters. The fourth-order valence-corrected chi connectivity index (χ4v) is 2.69. The molecule has 0 aliphatic heterocycles. The highest BCUT2D eigenvalue weighted by Gasteiger charge is 2.06. The van der Waals surface area contributed by atoms with Crippen LogP contribution in [0.3, 0.4) is 0 Å². The zero-order chi connectivity index (χ0) is 13.1. The van der Waals surface area contributed by atoms with E-state index in [9.17, 15) is 0 Å². The summed E-state index contributed by atoms with van der Waals surface area (Å²) < 4.78 is 0. The van der Waals surface area contributed by atoms with Crippen LogP contribution in [0.15, 0.2) is 60.0 Å². The van der Waals surface area contributed by atoms with Gasteiger partial charge in [0.05, 0.1) is 5.69 Å². The van der Waals surface area contributed by atoms with Crippen LogP contribution in [0.4, 0.5) is 10.8 Å². The summed E-state index contributed by atoms with van der Waals surface area (Å²) in [4.78, 5) is 4.64. The summed E-state index contributed by atoms with van der Waals surface area (Å²) in [6.07, 6.45) is 0.